The molecule has 1 aromatic rings. The molecule has 18 heavy (non-hydrogen) atoms. The highest BCUT2D eigenvalue weighted by Crippen LogP contribution is 2.33. The molecule has 2 aliphatic heterocycles. The van der Waals surface area contributed by atoms with Gasteiger partial charge in [-0.1, -0.05) is 18.2 Å². The van der Waals surface area contributed by atoms with Gasteiger partial charge in [0.05, 0.1) is 18.1 Å². The third-order valence-corrected chi connectivity index (χ3v) is 3.70. The number of benzene rings is 1. The van der Waals surface area contributed by atoms with E-state index >= 15 is 0 Å². The molecule has 5 heteroatoms. The van der Waals surface area contributed by atoms with E-state index in [1.54, 1.807) is 4.90 Å². The summed E-state index contributed by atoms with van der Waals surface area (Å²) in [6.07, 6.45) is -1.64. The van der Waals surface area contributed by atoms with Crippen molar-refractivity contribution in [2.24, 2.45) is 0 Å². The molecule has 1 unspecified atom stereocenters. The molecular weight excluding hydrogens is 232 g/mol. The van der Waals surface area contributed by atoms with Crippen LogP contribution in [0, 0.1) is 0 Å². The van der Waals surface area contributed by atoms with E-state index in [9.17, 15) is 15.0 Å². The van der Waals surface area contributed by atoms with E-state index in [0.717, 1.165) is 11.3 Å². The molecule has 5 nitrogen and oxygen atoms in total. The number of rotatable bonds is 1. The Labute approximate surface area is 105 Å². The largest absolute Gasteiger partial charge is 0.388 e. The number of para-hydroxylation sites is 1. The number of aliphatic hydroxyl groups is 2. The molecule has 3 N–H and O–H groups in total. The number of hydrogen-bond acceptors (Lipinski definition) is 4. The van der Waals surface area contributed by atoms with Crippen LogP contribution in [0.15, 0.2) is 24.3 Å². The van der Waals surface area contributed by atoms with Crippen molar-refractivity contribution in [2.75, 3.05) is 25.0 Å². The summed E-state index contributed by atoms with van der Waals surface area (Å²) >= 11 is 0. The Kier molecular flexibility index (Phi) is 2.72. The molecule has 0 spiro atoms. The number of fused-ring (bicyclic) bond motifs is 1. The Morgan fingerprint density at radius 2 is 1.89 bits per heavy atom. The Morgan fingerprint density at radius 3 is 2.61 bits per heavy atom. The molecule has 1 fully saturated rings. The zero-order valence-corrected chi connectivity index (χ0v) is 9.91. The fraction of sp³-hybridized carbons (Fsp3) is 0.462. The Balaban J connectivity index is 1.79. The summed E-state index contributed by atoms with van der Waals surface area (Å²) in [5, 5.41) is 22.2. The van der Waals surface area contributed by atoms with Gasteiger partial charge in [-0.25, -0.2) is 0 Å². The molecule has 0 radical (unpaired) electrons. The normalized spacial score (nSPS) is 30.1. The molecule has 3 atom stereocenters. The maximum atomic E-state index is 12.4. The van der Waals surface area contributed by atoms with E-state index in [0.29, 0.717) is 6.54 Å². The Morgan fingerprint density at radius 1 is 1.22 bits per heavy atom. The van der Waals surface area contributed by atoms with Gasteiger partial charge in [-0.2, -0.15) is 0 Å². The van der Waals surface area contributed by atoms with Gasteiger partial charge in [0.15, 0.2) is 0 Å². The zero-order valence-electron chi connectivity index (χ0n) is 9.91. The van der Waals surface area contributed by atoms with Crippen molar-refractivity contribution >= 4 is 11.6 Å². The van der Waals surface area contributed by atoms with Crippen LogP contribution in [0.2, 0.25) is 0 Å². The van der Waals surface area contributed by atoms with Crippen molar-refractivity contribution in [2.45, 2.75) is 18.1 Å². The first-order valence-electron chi connectivity index (χ1n) is 6.14. The molecule has 2 heterocycles. The van der Waals surface area contributed by atoms with Gasteiger partial charge in [0.2, 0.25) is 5.91 Å². The molecule has 0 aliphatic carbocycles. The maximum Gasteiger partial charge on any atom is 0.232 e. The lowest BCUT2D eigenvalue weighted by atomic mass is 10.00. The van der Waals surface area contributed by atoms with Crippen molar-refractivity contribution in [3.05, 3.63) is 29.8 Å². The van der Waals surface area contributed by atoms with E-state index in [2.05, 4.69) is 5.32 Å². The second kappa shape index (κ2) is 4.26. The molecule has 0 bridgehead atoms. The van der Waals surface area contributed by atoms with E-state index in [4.69, 9.17) is 0 Å². The highest BCUT2D eigenvalue weighted by molar-refractivity contribution is 5.88. The molecule has 3 rings (SSSR count). The number of β-amino-alcohol motifs (C(OH)–C–C–N with tert-alkyl or cyclic N) is 2. The fourth-order valence-electron chi connectivity index (χ4n) is 2.67. The number of hydrogen-bond donors (Lipinski definition) is 3. The number of anilines is 1. The van der Waals surface area contributed by atoms with Gasteiger partial charge in [0.1, 0.15) is 0 Å². The summed E-state index contributed by atoms with van der Waals surface area (Å²) in [4.78, 5) is 13.9. The van der Waals surface area contributed by atoms with Gasteiger partial charge in [-0.15, -0.1) is 0 Å². The highest BCUT2D eigenvalue weighted by Gasteiger charge is 2.38. The maximum absolute atomic E-state index is 12.4. The van der Waals surface area contributed by atoms with Crippen LogP contribution in [0.1, 0.15) is 11.5 Å². The van der Waals surface area contributed by atoms with Crippen molar-refractivity contribution in [3.8, 4) is 0 Å². The molecule has 1 amide bonds. The number of aliphatic hydroxyl groups excluding tert-OH is 2. The van der Waals surface area contributed by atoms with E-state index < -0.39 is 12.2 Å². The SMILES string of the molecule is O=C(C1CNc2ccccc21)N1C[C@@H](O)[C@@H](O)C1. The van der Waals surface area contributed by atoms with Crippen LogP contribution < -0.4 is 5.32 Å². The van der Waals surface area contributed by atoms with E-state index in [1.807, 2.05) is 24.3 Å². The third kappa shape index (κ3) is 1.76. The minimum Gasteiger partial charge on any atom is -0.388 e. The second-order valence-corrected chi connectivity index (χ2v) is 4.90. The molecule has 1 aromatic carbocycles. The Bertz CT molecular complexity index is 467. The monoisotopic (exact) mass is 248 g/mol. The molecule has 1 saturated heterocycles. The predicted octanol–water partition coefficient (Wildman–Crippen LogP) is -0.240. The summed E-state index contributed by atoms with van der Waals surface area (Å²) in [5.74, 6) is -0.234. The van der Waals surface area contributed by atoms with Gasteiger partial charge in [0, 0.05) is 25.3 Å². The third-order valence-electron chi connectivity index (χ3n) is 3.70. The average molecular weight is 248 g/mol. The second-order valence-electron chi connectivity index (χ2n) is 4.90. The molecule has 96 valence electrons. The first kappa shape index (κ1) is 11.5. The van der Waals surface area contributed by atoms with Crippen molar-refractivity contribution in [3.63, 3.8) is 0 Å². The van der Waals surface area contributed by atoms with Gasteiger partial charge >= 0.3 is 0 Å². The minimum absolute atomic E-state index is 0.0250. The van der Waals surface area contributed by atoms with E-state index in [1.165, 1.54) is 0 Å². The summed E-state index contributed by atoms with van der Waals surface area (Å²) < 4.78 is 0. The van der Waals surface area contributed by atoms with E-state index in [-0.39, 0.29) is 24.9 Å². The first-order valence-corrected chi connectivity index (χ1v) is 6.14. The summed E-state index contributed by atoms with van der Waals surface area (Å²) in [7, 11) is 0. The fourth-order valence-corrected chi connectivity index (χ4v) is 2.67. The predicted molar refractivity (Wildman–Crippen MR) is 66.3 cm³/mol. The van der Waals surface area contributed by atoms with Gasteiger partial charge < -0.3 is 20.4 Å². The van der Waals surface area contributed by atoms with Crippen LogP contribution in [0.5, 0.6) is 0 Å². The van der Waals surface area contributed by atoms with Crippen molar-refractivity contribution in [1.29, 1.82) is 0 Å². The number of carbonyl (C=O) groups is 1. The van der Waals surface area contributed by atoms with Crippen LogP contribution in [0.3, 0.4) is 0 Å². The number of nitrogens with one attached hydrogen (secondary N) is 1. The van der Waals surface area contributed by atoms with Crippen LogP contribution in [-0.2, 0) is 4.79 Å². The number of amides is 1. The summed E-state index contributed by atoms with van der Waals surface area (Å²) in [6, 6.07) is 7.75. The van der Waals surface area contributed by atoms with Crippen LogP contribution in [0.4, 0.5) is 5.69 Å². The number of carbonyl (C=O) groups excluding carboxylic acids is 1. The highest BCUT2D eigenvalue weighted by atomic mass is 16.3. The Hall–Kier alpha value is -1.59. The van der Waals surface area contributed by atoms with Crippen LogP contribution in [-0.4, -0.2) is 52.9 Å². The van der Waals surface area contributed by atoms with Crippen molar-refractivity contribution < 1.29 is 15.0 Å². The van der Waals surface area contributed by atoms with Crippen LogP contribution >= 0.6 is 0 Å². The average Bonchev–Trinajstić information content (AvgIpc) is 2.93. The summed E-state index contributed by atoms with van der Waals surface area (Å²) in [5.41, 5.74) is 1.99. The number of nitrogens with zero attached hydrogens (tertiary/aromatic N) is 1. The smallest absolute Gasteiger partial charge is 0.232 e. The van der Waals surface area contributed by atoms with Crippen LogP contribution in [0.25, 0.3) is 0 Å². The lowest BCUT2D eigenvalue weighted by Crippen LogP contribution is -2.35. The van der Waals surface area contributed by atoms with Crippen molar-refractivity contribution in [1.82, 2.24) is 4.90 Å². The number of likely N-dealkylation sites (tertiary alicyclic amines) is 1. The molecule has 2 aliphatic rings. The quantitative estimate of drug-likeness (QED) is 0.641. The lowest BCUT2D eigenvalue weighted by Gasteiger charge is -2.19. The molecule has 0 aromatic heterocycles. The topological polar surface area (TPSA) is 72.8 Å². The van der Waals surface area contributed by atoms with Gasteiger partial charge in [-0.05, 0) is 11.6 Å². The van der Waals surface area contributed by atoms with Gasteiger partial charge in [-0.3, -0.25) is 4.79 Å². The zero-order chi connectivity index (χ0) is 12.7. The minimum atomic E-state index is -0.821. The molecule has 0 saturated carbocycles. The lowest BCUT2D eigenvalue weighted by molar-refractivity contribution is -0.131. The standard InChI is InChI=1S/C13H16N2O3/c16-11-6-15(7-12(11)17)13(18)9-5-14-10-4-2-1-3-8(9)10/h1-4,9,11-12,14,16-17H,5-7H2/t9?,11-,12+. The summed E-state index contributed by atoms with van der Waals surface area (Å²) in [6.45, 7) is 1.03. The molecular formula is C13H16N2O3. The van der Waals surface area contributed by atoms with Gasteiger partial charge in [0.25, 0.3) is 0 Å². The first-order chi connectivity index (χ1) is 8.66.